The zero-order chi connectivity index (χ0) is 16.8. The normalized spacial score (nSPS) is 34.7. The Morgan fingerprint density at radius 2 is 1.48 bits per heavy atom. The van der Waals surface area contributed by atoms with Crippen LogP contribution in [0.3, 0.4) is 0 Å². The second-order valence-electron chi connectivity index (χ2n) is 8.16. The summed E-state index contributed by atoms with van der Waals surface area (Å²) in [6.07, 6.45) is 6.77. The van der Waals surface area contributed by atoms with Crippen molar-refractivity contribution in [2.45, 2.75) is 68.7 Å². The summed E-state index contributed by atoms with van der Waals surface area (Å²) in [7, 11) is 0. The average molecular weight is 333 g/mol. The highest BCUT2D eigenvalue weighted by atomic mass is 16.3. The molecule has 0 amide bonds. The van der Waals surface area contributed by atoms with Crippen molar-refractivity contribution in [3.8, 4) is 0 Å². The van der Waals surface area contributed by atoms with Crippen LogP contribution in [0.4, 0.5) is 0 Å². The summed E-state index contributed by atoms with van der Waals surface area (Å²) < 4.78 is 0. The molecule has 0 radical (unpaired) electrons. The highest BCUT2D eigenvalue weighted by molar-refractivity contribution is 5.34. The molecule has 2 nitrogen and oxygen atoms in total. The predicted octanol–water partition coefficient (Wildman–Crippen LogP) is 4.45. The minimum Gasteiger partial charge on any atom is -0.391 e. The number of fused-ring (bicyclic) bond motifs is 3. The summed E-state index contributed by atoms with van der Waals surface area (Å²) >= 11 is 0. The molecule has 3 aliphatic rings. The SMILES string of the molecule is O[C@H]1CCc2ccccc2[C@@H]1N1[C@@H]2CC[C@H]1CC(c1ccccc1)C2. The van der Waals surface area contributed by atoms with E-state index in [-0.39, 0.29) is 12.1 Å². The second kappa shape index (κ2) is 6.26. The van der Waals surface area contributed by atoms with Crippen LogP contribution in [0.1, 0.15) is 60.8 Å². The Hall–Kier alpha value is -1.64. The van der Waals surface area contributed by atoms with Gasteiger partial charge in [0.25, 0.3) is 0 Å². The van der Waals surface area contributed by atoms with Gasteiger partial charge in [0.2, 0.25) is 0 Å². The molecule has 0 saturated carbocycles. The van der Waals surface area contributed by atoms with Gasteiger partial charge in [0.05, 0.1) is 12.1 Å². The van der Waals surface area contributed by atoms with E-state index in [1.165, 1.54) is 42.4 Å². The van der Waals surface area contributed by atoms with E-state index in [4.69, 9.17) is 0 Å². The molecular formula is C23H27NO. The van der Waals surface area contributed by atoms with E-state index < -0.39 is 0 Å². The lowest BCUT2D eigenvalue weighted by atomic mass is 9.79. The molecule has 1 unspecified atom stereocenters. The lowest BCUT2D eigenvalue weighted by Gasteiger charge is -2.47. The zero-order valence-corrected chi connectivity index (χ0v) is 14.7. The first-order valence-electron chi connectivity index (χ1n) is 9.89. The lowest BCUT2D eigenvalue weighted by Crippen LogP contribution is -2.49. The number of piperidine rings is 1. The lowest BCUT2D eigenvalue weighted by molar-refractivity contribution is -0.0124. The molecule has 0 aromatic heterocycles. The first kappa shape index (κ1) is 15.6. The third-order valence-electron chi connectivity index (χ3n) is 6.83. The van der Waals surface area contributed by atoms with E-state index in [0.29, 0.717) is 18.0 Å². The van der Waals surface area contributed by atoms with Gasteiger partial charge in [-0.05, 0) is 61.1 Å². The monoisotopic (exact) mass is 333 g/mol. The molecule has 2 heteroatoms. The number of aliphatic hydroxyl groups is 1. The molecule has 2 heterocycles. The molecule has 2 saturated heterocycles. The quantitative estimate of drug-likeness (QED) is 0.878. The molecular weight excluding hydrogens is 306 g/mol. The van der Waals surface area contributed by atoms with Crippen LogP contribution in [-0.4, -0.2) is 28.2 Å². The summed E-state index contributed by atoms with van der Waals surface area (Å²) in [6.45, 7) is 0. The van der Waals surface area contributed by atoms with E-state index in [0.717, 1.165) is 12.8 Å². The average Bonchev–Trinajstić information content (AvgIpc) is 2.91. The van der Waals surface area contributed by atoms with Crippen molar-refractivity contribution in [3.63, 3.8) is 0 Å². The van der Waals surface area contributed by atoms with Crippen molar-refractivity contribution >= 4 is 0 Å². The predicted molar refractivity (Wildman–Crippen MR) is 101 cm³/mol. The molecule has 2 aromatic carbocycles. The fraction of sp³-hybridized carbons (Fsp3) is 0.478. The summed E-state index contributed by atoms with van der Waals surface area (Å²) in [6, 6.07) is 21.3. The summed E-state index contributed by atoms with van der Waals surface area (Å²) in [5.41, 5.74) is 4.34. The number of aliphatic hydroxyl groups excluding tert-OH is 1. The molecule has 5 atom stereocenters. The van der Waals surface area contributed by atoms with Crippen LogP contribution in [0.25, 0.3) is 0 Å². The van der Waals surface area contributed by atoms with Gasteiger partial charge < -0.3 is 5.11 Å². The number of benzene rings is 2. The topological polar surface area (TPSA) is 23.5 Å². The van der Waals surface area contributed by atoms with Gasteiger partial charge in [0.1, 0.15) is 0 Å². The maximum Gasteiger partial charge on any atom is 0.0740 e. The van der Waals surface area contributed by atoms with E-state index >= 15 is 0 Å². The Bertz CT molecular complexity index is 729. The van der Waals surface area contributed by atoms with Crippen molar-refractivity contribution in [3.05, 3.63) is 71.3 Å². The number of hydrogen-bond donors (Lipinski definition) is 1. The van der Waals surface area contributed by atoms with Crippen LogP contribution < -0.4 is 0 Å². The summed E-state index contributed by atoms with van der Waals surface area (Å²) in [4.78, 5) is 2.71. The van der Waals surface area contributed by atoms with Gasteiger partial charge in [-0.2, -0.15) is 0 Å². The Labute approximate surface area is 150 Å². The van der Waals surface area contributed by atoms with E-state index in [2.05, 4.69) is 59.5 Å². The Morgan fingerprint density at radius 1 is 0.800 bits per heavy atom. The highest BCUT2D eigenvalue weighted by Crippen LogP contribution is 2.49. The van der Waals surface area contributed by atoms with Crippen LogP contribution in [-0.2, 0) is 6.42 Å². The number of hydrogen-bond acceptors (Lipinski definition) is 2. The van der Waals surface area contributed by atoms with Gasteiger partial charge in [0, 0.05) is 12.1 Å². The molecule has 2 bridgehead atoms. The van der Waals surface area contributed by atoms with E-state index in [1.807, 2.05) is 0 Å². The maximum absolute atomic E-state index is 10.9. The van der Waals surface area contributed by atoms with Gasteiger partial charge in [-0.25, -0.2) is 0 Å². The Morgan fingerprint density at radius 3 is 2.24 bits per heavy atom. The fourth-order valence-electron chi connectivity index (χ4n) is 5.74. The van der Waals surface area contributed by atoms with Gasteiger partial charge in [0.15, 0.2) is 0 Å². The summed E-state index contributed by atoms with van der Waals surface area (Å²) in [5, 5.41) is 10.9. The van der Waals surface area contributed by atoms with Gasteiger partial charge in [-0.15, -0.1) is 0 Å². The molecule has 0 spiro atoms. The van der Waals surface area contributed by atoms with Crippen molar-refractivity contribution < 1.29 is 5.11 Å². The minimum absolute atomic E-state index is 0.208. The minimum atomic E-state index is -0.216. The molecule has 2 aromatic rings. The molecule has 1 aliphatic carbocycles. The second-order valence-corrected chi connectivity index (χ2v) is 8.16. The number of nitrogens with zero attached hydrogens (tertiary/aromatic N) is 1. The molecule has 2 aliphatic heterocycles. The van der Waals surface area contributed by atoms with Crippen LogP contribution in [0.2, 0.25) is 0 Å². The molecule has 5 rings (SSSR count). The maximum atomic E-state index is 10.9. The van der Waals surface area contributed by atoms with Crippen molar-refractivity contribution in [2.75, 3.05) is 0 Å². The largest absolute Gasteiger partial charge is 0.391 e. The standard InChI is InChI=1S/C23H27NO/c25-22-13-10-17-8-4-5-9-21(17)23(22)24-19-11-12-20(24)15-18(14-19)16-6-2-1-3-7-16/h1-9,18-20,22-23,25H,10-15H2/t18?,19-,20+,22-,23-/m0/s1. The first-order valence-corrected chi connectivity index (χ1v) is 9.89. The van der Waals surface area contributed by atoms with Crippen molar-refractivity contribution in [2.24, 2.45) is 0 Å². The van der Waals surface area contributed by atoms with Gasteiger partial charge in [-0.3, -0.25) is 4.90 Å². The van der Waals surface area contributed by atoms with Crippen LogP contribution in [0, 0.1) is 0 Å². The van der Waals surface area contributed by atoms with Crippen molar-refractivity contribution in [1.29, 1.82) is 0 Å². The third-order valence-corrected chi connectivity index (χ3v) is 6.83. The fourth-order valence-corrected chi connectivity index (χ4v) is 5.74. The van der Waals surface area contributed by atoms with E-state index in [1.54, 1.807) is 0 Å². The Balaban J connectivity index is 1.45. The smallest absolute Gasteiger partial charge is 0.0740 e. The molecule has 25 heavy (non-hydrogen) atoms. The van der Waals surface area contributed by atoms with E-state index in [9.17, 15) is 5.11 Å². The molecule has 1 N–H and O–H groups in total. The van der Waals surface area contributed by atoms with Gasteiger partial charge in [-0.1, -0.05) is 54.6 Å². The van der Waals surface area contributed by atoms with Crippen LogP contribution in [0.5, 0.6) is 0 Å². The van der Waals surface area contributed by atoms with Gasteiger partial charge >= 0.3 is 0 Å². The zero-order valence-electron chi connectivity index (χ0n) is 14.7. The summed E-state index contributed by atoms with van der Waals surface area (Å²) in [5.74, 6) is 0.686. The number of rotatable bonds is 2. The highest BCUT2D eigenvalue weighted by Gasteiger charge is 2.47. The third kappa shape index (κ3) is 2.63. The number of aryl methyl sites for hydroxylation is 1. The first-order chi connectivity index (χ1) is 12.3. The Kier molecular flexibility index (Phi) is 3.91. The molecule has 2 fully saturated rings. The van der Waals surface area contributed by atoms with Crippen LogP contribution in [0.15, 0.2) is 54.6 Å². The molecule has 130 valence electrons. The van der Waals surface area contributed by atoms with Crippen LogP contribution >= 0.6 is 0 Å². The van der Waals surface area contributed by atoms with Crippen molar-refractivity contribution in [1.82, 2.24) is 4.90 Å².